The molecule has 1 aromatic heterocycles. The fourth-order valence-corrected chi connectivity index (χ4v) is 3.08. The molecule has 4 heteroatoms. The van der Waals surface area contributed by atoms with Gasteiger partial charge in [-0.15, -0.1) is 11.3 Å². The minimum Gasteiger partial charge on any atom is -0.396 e. The molecule has 16 heavy (non-hydrogen) atoms. The standard InChI is InChI=1S/C12H20N2OS/c1-2-3-12-13-11(9-16-12)7-14-5-4-10(6-14)8-15/h9-10,15H,2-8H2,1H3. The molecule has 0 radical (unpaired) electrons. The molecule has 0 bridgehead atoms. The van der Waals surface area contributed by atoms with E-state index in [1.807, 2.05) is 0 Å². The maximum absolute atomic E-state index is 9.08. The molecular weight excluding hydrogens is 220 g/mol. The molecule has 1 atom stereocenters. The third-order valence-corrected chi connectivity index (χ3v) is 4.03. The summed E-state index contributed by atoms with van der Waals surface area (Å²) in [6.07, 6.45) is 3.40. The number of hydrogen-bond donors (Lipinski definition) is 1. The minimum atomic E-state index is 0.328. The van der Waals surface area contributed by atoms with Gasteiger partial charge in [-0.05, 0) is 31.7 Å². The first-order valence-corrected chi connectivity index (χ1v) is 6.96. The van der Waals surface area contributed by atoms with Gasteiger partial charge in [0.2, 0.25) is 0 Å². The van der Waals surface area contributed by atoms with Gasteiger partial charge in [0.25, 0.3) is 0 Å². The van der Waals surface area contributed by atoms with Crippen LogP contribution in [0.2, 0.25) is 0 Å². The van der Waals surface area contributed by atoms with Crippen molar-refractivity contribution in [3.8, 4) is 0 Å². The molecular formula is C12H20N2OS. The minimum absolute atomic E-state index is 0.328. The van der Waals surface area contributed by atoms with E-state index in [9.17, 15) is 0 Å². The molecule has 1 aliphatic rings. The SMILES string of the molecule is CCCc1nc(CN2CCC(CO)C2)cs1. The highest BCUT2D eigenvalue weighted by Gasteiger charge is 2.22. The molecule has 0 amide bonds. The number of thiazole rings is 1. The maximum atomic E-state index is 9.08. The summed E-state index contributed by atoms with van der Waals surface area (Å²) in [5, 5.41) is 12.5. The smallest absolute Gasteiger partial charge is 0.0928 e. The summed E-state index contributed by atoms with van der Waals surface area (Å²) in [4.78, 5) is 7.02. The van der Waals surface area contributed by atoms with Gasteiger partial charge in [-0.1, -0.05) is 6.92 Å². The van der Waals surface area contributed by atoms with E-state index in [-0.39, 0.29) is 0 Å². The van der Waals surface area contributed by atoms with Crippen LogP contribution in [0.15, 0.2) is 5.38 Å². The highest BCUT2D eigenvalue weighted by Crippen LogP contribution is 2.19. The molecule has 0 aliphatic carbocycles. The fourth-order valence-electron chi connectivity index (χ4n) is 2.18. The number of likely N-dealkylation sites (tertiary alicyclic amines) is 1. The lowest BCUT2D eigenvalue weighted by Gasteiger charge is -2.13. The predicted molar refractivity (Wildman–Crippen MR) is 66.6 cm³/mol. The van der Waals surface area contributed by atoms with Crippen LogP contribution in [0.4, 0.5) is 0 Å². The van der Waals surface area contributed by atoms with Gasteiger partial charge >= 0.3 is 0 Å². The molecule has 0 spiro atoms. The van der Waals surface area contributed by atoms with Gasteiger partial charge in [-0.2, -0.15) is 0 Å². The monoisotopic (exact) mass is 240 g/mol. The second-order valence-electron chi connectivity index (χ2n) is 4.55. The number of aryl methyl sites for hydroxylation is 1. The average molecular weight is 240 g/mol. The van der Waals surface area contributed by atoms with E-state index in [0.717, 1.165) is 32.5 Å². The summed E-state index contributed by atoms with van der Waals surface area (Å²) < 4.78 is 0. The highest BCUT2D eigenvalue weighted by atomic mass is 32.1. The van der Waals surface area contributed by atoms with Crippen molar-refractivity contribution in [2.75, 3.05) is 19.7 Å². The molecule has 1 saturated heterocycles. The molecule has 90 valence electrons. The summed E-state index contributed by atoms with van der Waals surface area (Å²) in [6, 6.07) is 0. The van der Waals surface area contributed by atoms with Crippen LogP contribution in [0.25, 0.3) is 0 Å². The third-order valence-electron chi connectivity index (χ3n) is 3.08. The van der Waals surface area contributed by atoms with E-state index in [1.54, 1.807) is 11.3 Å². The largest absolute Gasteiger partial charge is 0.396 e. The van der Waals surface area contributed by atoms with Gasteiger partial charge in [0.05, 0.1) is 10.7 Å². The van der Waals surface area contributed by atoms with Crippen molar-refractivity contribution in [1.82, 2.24) is 9.88 Å². The molecule has 2 rings (SSSR count). The van der Waals surface area contributed by atoms with Crippen molar-refractivity contribution in [2.24, 2.45) is 5.92 Å². The van der Waals surface area contributed by atoms with Crippen LogP contribution in [-0.2, 0) is 13.0 Å². The molecule has 0 aromatic carbocycles. The van der Waals surface area contributed by atoms with Crippen molar-refractivity contribution in [3.05, 3.63) is 16.1 Å². The van der Waals surface area contributed by atoms with Crippen molar-refractivity contribution >= 4 is 11.3 Å². The molecule has 1 unspecified atom stereocenters. The zero-order valence-corrected chi connectivity index (χ0v) is 10.7. The van der Waals surface area contributed by atoms with Crippen LogP contribution in [0.3, 0.4) is 0 Å². The zero-order valence-electron chi connectivity index (χ0n) is 9.85. The highest BCUT2D eigenvalue weighted by molar-refractivity contribution is 7.09. The Morgan fingerprint density at radius 1 is 1.62 bits per heavy atom. The molecule has 1 aliphatic heterocycles. The lowest BCUT2D eigenvalue weighted by Crippen LogP contribution is -2.21. The molecule has 2 heterocycles. The van der Waals surface area contributed by atoms with Crippen molar-refractivity contribution in [1.29, 1.82) is 0 Å². The van der Waals surface area contributed by atoms with Crippen LogP contribution >= 0.6 is 11.3 Å². The van der Waals surface area contributed by atoms with E-state index in [1.165, 1.54) is 17.1 Å². The lowest BCUT2D eigenvalue weighted by atomic mass is 10.1. The first-order chi connectivity index (χ1) is 7.81. The molecule has 1 aromatic rings. The Bertz CT molecular complexity index is 327. The Balaban J connectivity index is 1.84. The first-order valence-electron chi connectivity index (χ1n) is 6.08. The van der Waals surface area contributed by atoms with E-state index in [4.69, 9.17) is 5.11 Å². The number of nitrogens with zero attached hydrogens (tertiary/aromatic N) is 2. The molecule has 3 nitrogen and oxygen atoms in total. The van der Waals surface area contributed by atoms with Gasteiger partial charge in [0.1, 0.15) is 0 Å². The second kappa shape index (κ2) is 5.75. The Morgan fingerprint density at radius 3 is 3.19 bits per heavy atom. The van der Waals surface area contributed by atoms with E-state index in [2.05, 4.69) is 22.2 Å². The number of hydrogen-bond acceptors (Lipinski definition) is 4. The fraction of sp³-hybridized carbons (Fsp3) is 0.750. The van der Waals surface area contributed by atoms with Crippen LogP contribution in [-0.4, -0.2) is 34.7 Å². The van der Waals surface area contributed by atoms with E-state index < -0.39 is 0 Å². The summed E-state index contributed by atoms with van der Waals surface area (Å²) >= 11 is 1.78. The van der Waals surface area contributed by atoms with Crippen LogP contribution < -0.4 is 0 Å². The average Bonchev–Trinajstić information content (AvgIpc) is 2.89. The normalized spacial score (nSPS) is 21.8. The van der Waals surface area contributed by atoms with Crippen molar-refractivity contribution in [3.63, 3.8) is 0 Å². The zero-order chi connectivity index (χ0) is 11.4. The molecule has 1 N–H and O–H groups in total. The molecule has 0 saturated carbocycles. The first kappa shape index (κ1) is 12.0. The lowest BCUT2D eigenvalue weighted by molar-refractivity contribution is 0.219. The summed E-state index contributed by atoms with van der Waals surface area (Å²) in [5.41, 5.74) is 1.20. The van der Waals surface area contributed by atoms with E-state index in [0.29, 0.717) is 12.5 Å². The number of aromatic nitrogens is 1. The van der Waals surface area contributed by atoms with Gasteiger partial charge in [0, 0.05) is 25.1 Å². The molecule has 1 fully saturated rings. The third kappa shape index (κ3) is 3.03. The Kier molecular flexibility index (Phi) is 4.32. The quantitative estimate of drug-likeness (QED) is 0.854. The summed E-state index contributed by atoms with van der Waals surface area (Å²) in [7, 11) is 0. The summed E-state index contributed by atoms with van der Waals surface area (Å²) in [5.74, 6) is 0.480. The van der Waals surface area contributed by atoms with Crippen molar-refractivity contribution in [2.45, 2.75) is 32.7 Å². The maximum Gasteiger partial charge on any atom is 0.0928 e. The summed E-state index contributed by atoms with van der Waals surface area (Å²) in [6.45, 7) is 5.60. The Morgan fingerprint density at radius 2 is 2.50 bits per heavy atom. The number of rotatable bonds is 5. The number of aliphatic hydroxyl groups is 1. The van der Waals surface area contributed by atoms with Crippen LogP contribution in [0.5, 0.6) is 0 Å². The predicted octanol–water partition coefficient (Wildman–Crippen LogP) is 1.91. The van der Waals surface area contributed by atoms with Gasteiger partial charge < -0.3 is 5.11 Å². The van der Waals surface area contributed by atoms with Gasteiger partial charge in [-0.25, -0.2) is 4.98 Å². The second-order valence-corrected chi connectivity index (χ2v) is 5.50. The van der Waals surface area contributed by atoms with Crippen LogP contribution in [0, 0.1) is 5.92 Å². The van der Waals surface area contributed by atoms with E-state index >= 15 is 0 Å². The van der Waals surface area contributed by atoms with Gasteiger partial charge in [-0.3, -0.25) is 4.90 Å². The topological polar surface area (TPSA) is 36.4 Å². The Hall–Kier alpha value is -0.450. The Labute approximate surface area is 101 Å². The number of aliphatic hydroxyl groups excluding tert-OH is 1. The van der Waals surface area contributed by atoms with Gasteiger partial charge in [0.15, 0.2) is 0 Å². The van der Waals surface area contributed by atoms with Crippen molar-refractivity contribution < 1.29 is 5.11 Å². The van der Waals surface area contributed by atoms with Crippen LogP contribution in [0.1, 0.15) is 30.5 Å².